The molecule has 0 atom stereocenters. The molecule has 0 spiro atoms. The van der Waals surface area contributed by atoms with Gasteiger partial charge in [0.05, 0.1) is 0 Å². The highest BCUT2D eigenvalue weighted by molar-refractivity contribution is 7.86. The van der Waals surface area contributed by atoms with Gasteiger partial charge < -0.3 is 0 Å². The minimum atomic E-state index is 0.0359. The third-order valence-corrected chi connectivity index (χ3v) is 39.1. The van der Waals surface area contributed by atoms with Crippen LogP contribution in [0.15, 0.2) is 0 Å². The van der Waals surface area contributed by atoms with Gasteiger partial charge in [0.25, 0.3) is 0 Å². The normalized spacial score (nSPS) is 30.8. The summed E-state index contributed by atoms with van der Waals surface area (Å²) in [5.41, 5.74) is 9.26. The standard InChI is InChI=1S/C54H96P4/c1-9-27-45(28-10-1)55(46-29-11-2-12-30-46)53(56(47-31-13-3-14-32-47)48-33-15-4-16-34-48)43-25-26-44-54(53,57(49-35-17-5-18-36-49)50-37-19-6-20-38-50)58(51-39-21-7-22-40-51)52-41-23-8-24-42-52/h45-52H,1-44H2. The first kappa shape index (κ1) is 44.9. The van der Waals surface area contributed by atoms with Gasteiger partial charge in [0.15, 0.2) is 0 Å². The SMILES string of the molecule is C1CCC(P(C2CCCCC2)C2(P(C3CCCCC3)C3CCCCC3)CCCCC2(P(C2CCCCC2)C2CCCCC2)P(C2CCCCC2)C2CCCCC2)CC1. The summed E-state index contributed by atoms with van der Waals surface area (Å²) in [6, 6.07) is 0. The van der Waals surface area contributed by atoms with Crippen molar-refractivity contribution in [2.75, 3.05) is 0 Å². The molecule has 58 heavy (non-hydrogen) atoms. The summed E-state index contributed by atoms with van der Waals surface area (Å²) in [7, 11) is 0.144. The van der Waals surface area contributed by atoms with Crippen LogP contribution in [-0.2, 0) is 0 Å². The van der Waals surface area contributed by atoms with E-state index in [1.807, 2.05) is 0 Å². The molecule has 0 aromatic carbocycles. The van der Waals surface area contributed by atoms with E-state index in [0.29, 0.717) is 0 Å². The van der Waals surface area contributed by atoms with E-state index in [1.54, 1.807) is 283 Å². The Labute approximate surface area is 367 Å². The minimum Gasteiger partial charge on any atom is -0.0882 e. The molecule has 4 heteroatoms. The van der Waals surface area contributed by atoms with Crippen LogP contribution in [0, 0.1) is 0 Å². The second-order valence-electron chi connectivity index (χ2n) is 22.8. The fourth-order valence-electron chi connectivity index (χ4n) is 17.2. The van der Waals surface area contributed by atoms with Crippen LogP contribution in [-0.4, -0.2) is 55.1 Å². The predicted octanol–water partition coefficient (Wildman–Crippen LogP) is 19.5. The largest absolute Gasteiger partial charge is 0.0882 e. The second-order valence-corrected chi connectivity index (χ2v) is 35.7. The Morgan fingerprint density at radius 1 is 0.172 bits per heavy atom. The maximum atomic E-state index is 1.81. The average Bonchev–Trinajstić information content (AvgIpc) is 3.30. The first-order valence-electron chi connectivity index (χ1n) is 27.9. The molecule has 0 nitrogen and oxygen atoms in total. The summed E-state index contributed by atoms with van der Waals surface area (Å²) in [4.78, 5) is 1.59. The minimum absolute atomic E-state index is 0.0359. The van der Waals surface area contributed by atoms with Gasteiger partial charge in [-0.1, -0.05) is 199 Å². The van der Waals surface area contributed by atoms with E-state index in [9.17, 15) is 0 Å². The smallest absolute Gasteiger partial charge is 0.0250 e. The Hall–Kier alpha value is 1.72. The van der Waals surface area contributed by atoms with Gasteiger partial charge in [-0.15, -0.1) is 0 Å². The van der Waals surface area contributed by atoms with E-state index in [2.05, 4.69) is 0 Å². The highest BCUT2D eigenvalue weighted by Gasteiger charge is 2.71. The van der Waals surface area contributed by atoms with Gasteiger partial charge in [-0.25, -0.2) is 0 Å². The zero-order valence-electron chi connectivity index (χ0n) is 38.5. The van der Waals surface area contributed by atoms with E-state index in [4.69, 9.17) is 0 Å². The van der Waals surface area contributed by atoms with Crippen molar-refractivity contribution in [2.45, 2.75) is 338 Å². The van der Waals surface area contributed by atoms with Gasteiger partial charge in [-0.3, -0.25) is 0 Å². The van der Waals surface area contributed by atoms with Crippen LogP contribution in [0.1, 0.15) is 283 Å². The fourth-order valence-corrected chi connectivity index (χ4v) is 44.4. The molecule has 9 aliphatic carbocycles. The van der Waals surface area contributed by atoms with Crippen LogP contribution >= 0.6 is 31.7 Å². The van der Waals surface area contributed by atoms with E-state index in [-0.39, 0.29) is 31.7 Å². The zero-order valence-corrected chi connectivity index (χ0v) is 42.1. The molecule has 332 valence electrons. The van der Waals surface area contributed by atoms with Gasteiger partial charge in [0, 0.05) is 9.79 Å². The van der Waals surface area contributed by atoms with Crippen molar-refractivity contribution >= 4 is 31.7 Å². The molecule has 0 amide bonds. The van der Waals surface area contributed by atoms with Crippen LogP contribution in [0.2, 0.25) is 0 Å². The molecule has 0 saturated heterocycles. The van der Waals surface area contributed by atoms with Crippen molar-refractivity contribution in [1.82, 2.24) is 0 Å². The summed E-state index contributed by atoms with van der Waals surface area (Å²) < 4.78 is 0. The fraction of sp³-hybridized carbons (Fsp3) is 1.00. The first-order valence-corrected chi connectivity index (χ1v) is 33.9. The molecule has 9 saturated carbocycles. The van der Waals surface area contributed by atoms with Gasteiger partial charge in [-0.2, -0.15) is 0 Å². The van der Waals surface area contributed by atoms with Crippen molar-refractivity contribution in [3.63, 3.8) is 0 Å². The molecule has 0 aliphatic heterocycles. The van der Waals surface area contributed by atoms with Crippen molar-refractivity contribution < 1.29 is 0 Å². The second kappa shape index (κ2) is 22.3. The Balaban J connectivity index is 1.36. The highest BCUT2D eigenvalue weighted by Crippen LogP contribution is 2.96. The first-order chi connectivity index (χ1) is 28.8. The van der Waals surface area contributed by atoms with Crippen molar-refractivity contribution in [3.05, 3.63) is 0 Å². The van der Waals surface area contributed by atoms with Crippen molar-refractivity contribution in [2.24, 2.45) is 0 Å². The van der Waals surface area contributed by atoms with Crippen LogP contribution in [0.25, 0.3) is 0 Å². The quantitative estimate of drug-likeness (QED) is 0.171. The number of rotatable bonds is 12. The lowest BCUT2D eigenvalue weighted by atomic mass is 9.96. The highest BCUT2D eigenvalue weighted by atomic mass is 31.2. The van der Waals surface area contributed by atoms with Gasteiger partial charge in [0.1, 0.15) is 0 Å². The molecular formula is C54H96P4. The summed E-state index contributed by atoms with van der Waals surface area (Å²) in [6.07, 6.45) is 72.5. The monoisotopic (exact) mass is 869 g/mol. The molecule has 0 unspecified atom stereocenters. The molecule has 0 aromatic heterocycles. The third kappa shape index (κ3) is 9.51. The van der Waals surface area contributed by atoms with E-state index in [1.165, 1.54) is 0 Å². The summed E-state index contributed by atoms with van der Waals surface area (Å²) in [6.45, 7) is 0. The van der Waals surface area contributed by atoms with Gasteiger partial charge >= 0.3 is 0 Å². The molecular weight excluding hydrogens is 772 g/mol. The maximum absolute atomic E-state index is 1.81. The maximum Gasteiger partial charge on any atom is 0.0250 e. The Kier molecular flexibility index (Phi) is 17.2. The molecule has 9 fully saturated rings. The van der Waals surface area contributed by atoms with Crippen molar-refractivity contribution in [1.29, 1.82) is 0 Å². The number of hydrogen-bond donors (Lipinski definition) is 0. The van der Waals surface area contributed by atoms with Crippen LogP contribution in [0.3, 0.4) is 0 Å². The predicted molar refractivity (Wildman–Crippen MR) is 267 cm³/mol. The van der Waals surface area contributed by atoms with Crippen LogP contribution in [0.5, 0.6) is 0 Å². The molecule has 0 aromatic rings. The van der Waals surface area contributed by atoms with Crippen LogP contribution < -0.4 is 0 Å². The average molecular weight is 869 g/mol. The molecule has 0 bridgehead atoms. The lowest BCUT2D eigenvalue weighted by molar-refractivity contribution is 0.391. The molecule has 0 heterocycles. The van der Waals surface area contributed by atoms with Gasteiger partial charge in [-0.05, 0) is 161 Å². The summed E-state index contributed by atoms with van der Waals surface area (Å²) >= 11 is 0. The number of hydrogen-bond acceptors (Lipinski definition) is 0. The van der Waals surface area contributed by atoms with E-state index < -0.39 is 0 Å². The molecule has 0 radical (unpaired) electrons. The summed E-state index contributed by atoms with van der Waals surface area (Å²) in [5, 5.41) is 0. The van der Waals surface area contributed by atoms with Crippen molar-refractivity contribution in [3.8, 4) is 0 Å². The zero-order chi connectivity index (χ0) is 39.0. The lowest BCUT2D eigenvalue weighted by Crippen LogP contribution is -2.60. The molecule has 9 aliphatic rings. The molecule has 0 N–H and O–H groups in total. The lowest BCUT2D eigenvalue weighted by Gasteiger charge is -2.74. The third-order valence-electron chi connectivity index (χ3n) is 19.4. The topological polar surface area (TPSA) is 0 Å². The van der Waals surface area contributed by atoms with E-state index >= 15 is 0 Å². The van der Waals surface area contributed by atoms with E-state index in [0.717, 1.165) is 55.1 Å². The van der Waals surface area contributed by atoms with Gasteiger partial charge in [0.2, 0.25) is 0 Å². The molecule has 9 rings (SSSR count). The Morgan fingerprint density at radius 2 is 0.310 bits per heavy atom. The summed E-state index contributed by atoms with van der Waals surface area (Å²) in [5.74, 6) is 0. The Morgan fingerprint density at radius 3 is 0.448 bits per heavy atom. The Bertz CT molecular complexity index is 925. The van der Waals surface area contributed by atoms with Crippen LogP contribution in [0.4, 0.5) is 0 Å².